The lowest BCUT2D eigenvalue weighted by Gasteiger charge is -2.19. The Morgan fingerprint density at radius 2 is 1.80 bits per heavy atom. The second kappa shape index (κ2) is 6.75. The van der Waals surface area contributed by atoms with Crippen molar-refractivity contribution in [1.82, 2.24) is 4.90 Å². The van der Waals surface area contributed by atoms with Gasteiger partial charge in [-0.05, 0) is 28.7 Å². The van der Waals surface area contributed by atoms with E-state index in [0.29, 0.717) is 13.0 Å². The Morgan fingerprint density at radius 1 is 1.08 bits per heavy atom. The topological polar surface area (TPSA) is 33.5 Å². The van der Waals surface area contributed by atoms with Gasteiger partial charge in [-0.3, -0.25) is 4.79 Å². The van der Waals surface area contributed by atoms with Crippen molar-refractivity contribution in [3.05, 3.63) is 71.5 Å². The third kappa shape index (κ3) is 3.93. The number of rotatable bonds is 4. The van der Waals surface area contributed by atoms with Gasteiger partial charge >= 0.3 is 0 Å². The number of carbonyl (C=O) groups excluding carboxylic acids is 1. The SMILES string of the molecule is CN(Cc1ccccc1)C(=O)Cc1coc2ccc(C(C)(C)C)cc12. The predicted molar refractivity (Wildman–Crippen MR) is 102 cm³/mol. The number of furan rings is 1. The van der Waals surface area contributed by atoms with Crippen LogP contribution in [0.1, 0.15) is 37.5 Å². The summed E-state index contributed by atoms with van der Waals surface area (Å²) in [4.78, 5) is 14.4. The molecule has 130 valence electrons. The third-order valence-electron chi connectivity index (χ3n) is 4.55. The summed E-state index contributed by atoms with van der Waals surface area (Å²) in [5.74, 6) is 0.0905. The molecule has 0 unspecified atom stereocenters. The van der Waals surface area contributed by atoms with Gasteiger partial charge in [0.25, 0.3) is 0 Å². The highest BCUT2D eigenvalue weighted by atomic mass is 16.3. The smallest absolute Gasteiger partial charge is 0.227 e. The molecule has 3 rings (SSSR count). The third-order valence-corrected chi connectivity index (χ3v) is 4.55. The molecule has 0 fully saturated rings. The van der Waals surface area contributed by atoms with Crippen LogP contribution in [0.4, 0.5) is 0 Å². The Morgan fingerprint density at radius 3 is 2.48 bits per heavy atom. The number of amides is 1. The van der Waals surface area contributed by atoms with Crippen LogP contribution >= 0.6 is 0 Å². The molecule has 25 heavy (non-hydrogen) atoms. The molecule has 3 nitrogen and oxygen atoms in total. The van der Waals surface area contributed by atoms with Crippen molar-refractivity contribution in [2.75, 3.05) is 7.05 Å². The van der Waals surface area contributed by atoms with Crippen LogP contribution in [0.15, 0.2) is 59.2 Å². The van der Waals surface area contributed by atoms with Crippen molar-refractivity contribution in [2.24, 2.45) is 0 Å². The molecule has 0 bridgehead atoms. The quantitative estimate of drug-likeness (QED) is 0.677. The van der Waals surface area contributed by atoms with E-state index in [4.69, 9.17) is 4.42 Å². The summed E-state index contributed by atoms with van der Waals surface area (Å²) >= 11 is 0. The Labute approximate surface area is 149 Å². The lowest BCUT2D eigenvalue weighted by molar-refractivity contribution is -0.129. The minimum Gasteiger partial charge on any atom is -0.464 e. The lowest BCUT2D eigenvalue weighted by atomic mass is 9.86. The Hall–Kier alpha value is -2.55. The standard InChI is InChI=1S/C22H25NO2/c1-22(2,3)18-10-11-20-19(13-18)17(15-25-20)12-21(24)23(4)14-16-8-6-5-7-9-16/h5-11,13,15H,12,14H2,1-4H3. The van der Waals surface area contributed by atoms with Gasteiger partial charge < -0.3 is 9.32 Å². The van der Waals surface area contributed by atoms with Gasteiger partial charge in [0, 0.05) is 24.5 Å². The molecule has 0 saturated heterocycles. The van der Waals surface area contributed by atoms with Gasteiger partial charge in [0.2, 0.25) is 5.91 Å². The summed E-state index contributed by atoms with van der Waals surface area (Å²) < 4.78 is 5.64. The maximum Gasteiger partial charge on any atom is 0.227 e. The van der Waals surface area contributed by atoms with Gasteiger partial charge in [-0.1, -0.05) is 57.2 Å². The number of likely N-dealkylation sites (N-methyl/N-ethyl adjacent to an activating group) is 1. The summed E-state index contributed by atoms with van der Waals surface area (Å²) in [6, 6.07) is 16.3. The van der Waals surface area contributed by atoms with Crippen molar-refractivity contribution in [3.8, 4) is 0 Å². The van der Waals surface area contributed by atoms with E-state index in [0.717, 1.165) is 22.1 Å². The van der Waals surface area contributed by atoms with Crippen molar-refractivity contribution in [1.29, 1.82) is 0 Å². The van der Waals surface area contributed by atoms with Gasteiger partial charge in [0.1, 0.15) is 5.58 Å². The highest BCUT2D eigenvalue weighted by Gasteiger charge is 2.18. The van der Waals surface area contributed by atoms with Crippen LogP contribution < -0.4 is 0 Å². The van der Waals surface area contributed by atoms with Crippen LogP contribution in [-0.4, -0.2) is 17.9 Å². The number of carbonyl (C=O) groups is 1. The number of hydrogen-bond donors (Lipinski definition) is 0. The second-order valence-electron chi connectivity index (χ2n) is 7.63. The predicted octanol–water partition coefficient (Wildman–Crippen LogP) is 4.93. The van der Waals surface area contributed by atoms with Crippen molar-refractivity contribution >= 4 is 16.9 Å². The van der Waals surface area contributed by atoms with Crippen molar-refractivity contribution < 1.29 is 9.21 Å². The van der Waals surface area contributed by atoms with Gasteiger partial charge in [-0.2, -0.15) is 0 Å². The Balaban J connectivity index is 1.79. The first-order valence-corrected chi connectivity index (χ1v) is 8.63. The number of nitrogens with zero attached hydrogens (tertiary/aromatic N) is 1. The molecule has 1 heterocycles. The molecule has 0 radical (unpaired) electrons. The van der Waals surface area contributed by atoms with Crippen LogP contribution in [0.2, 0.25) is 0 Å². The van der Waals surface area contributed by atoms with Crippen LogP contribution in [0.25, 0.3) is 11.0 Å². The van der Waals surface area contributed by atoms with Crippen molar-refractivity contribution in [3.63, 3.8) is 0 Å². The minimum atomic E-state index is 0.0663. The first kappa shape index (κ1) is 17.3. The van der Waals surface area contributed by atoms with Gasteiger partial charge in [0.15, 0.2) is 0 Å². The Kier molecular flexibility index (Phi) is 4.67. The lowest BCUT2D eigenvalue weighted by Crippen LogP contribution is -2.27. The maximum atomic E-state index is 12.6. The van der Waals surface area contributed by atoms with E-state index in [1.165, 1.54) is 5.56 Å². The van der Waals surface area contributed by atoms with Gasteiger partial charge in [-0.25, -0.2) is 0 Å². The average Bonchev–Trinajstić information content (AvgIpc) is 2.97. The molecule has 1 amide bonds. The van der Waals surface area contributed by atoms with E-state index in [2.05, 4.69) is 32.9 Å². The maximum absolute atomic E-state index is 12.6. The first-order valence-electron chi connectivity index (χ1n) is 8.63. The second-order valence-corrected chi connectivity index (χ2v) is 7.63. The zero-order valence-corrected chi connectivity index (χ0v) is 15.4. The number of benzene rings is 2. The van der Waals surface area contributed by atoms with E-state index in [-0.39, 0.29) is 11.3 Å². The summed E-state index contributed by atoms with van der Waals surface area (Å²) in [6.45, 7) is 7.18. The van der Waals surface area contributed by atoms with Crippen LogP contribution in [0, 0.1) is 0 Å². The molecule has 3 heteroatoms. The normalized spacial score (nSPS) is 11.7. The summed E-state index contributed by atoms with van der Waals surface area (Å²) in [5, 5.41) is 1.04. The molecule has 0 aliphatic carbocycles. The molecule has 0 saturated carbocycles. The largest absolute Gasteiger partial charge is 0.464 e. The molecule has 0 aliphatic rings. The van der Waals surface area contributed by atoms with Gasteiger partial charge in [0.05, 0.1) is 12.7 Å². The molecule has 0 spiro atoms. The zero-order chi connectivity index (χ0) is 18.0. The van der Waals surface area contributed by atoms with E-state index in [1.807, 2.05) is 43.4 Å². The fourth-order valence-corrected chi connectivity index (χ4v) is 2.93. The average molecular weight is 335 g/mol. The molecular weight excluding hydrogens is 310 g/mol. The van der Waals surface area contributed by atoms with E-state index in [9.17, 15) is 4.79 Å². The molecule has 1 aromatic heterocycles. The number of hydrogen-bond acceptors (Lipinski definition) is 2. The Bertz CT molecular complexity index is 872. The monoisotopic (exact) mass is 335 g/mol. The van der Waals surface area contributed by atoms with Crippen LogP contribution in [-0.2, 0) is 23.2 Å². The fourth-order valence-electron chi connectivity index (χ4n) is 2.93. The summed E-state index contributed by atoms with van der Waals surface area (Å²) in [7, 11) is 1.85. The minimum absolute atomic E-state index is 0.0663. The van der Waals surface area contributed by atoms with E-state index >= 15 is 0 Å². The van der Waals surface area contributed by atoms with Crippen molar-refractivity contribution in [2.45, 2.75) is 39.2 Å². The molecule has 0 aliphatic heterocycles. The van der Waals surface area contributed by atoms with Gasteiger partial charge in [-0.15, -0.1) is 0 Å². The molecule has 0 atom stereocenters. The fraction of sp³-hybridized carbons (Fsp3) is 0.318. The van der Waals surface area contributed by atoms with Crippen LogP contribution in [0.3, 0.4) is 0 Å². The zero-order valence-electron chi connectivity index (χ0n) is 15.4. The molecule has 2 aromatic carbocycles. The summed E-state index contributed by atoms with van der Waals surface area (Å²) in [6.07, 6.45) is 2.06. The van der Waals surface area contributed by atoms with E-state index in [1.54, 1.807) is 11.2 Å². The highest BCUT2D eigenvalue weighted by molar-refractivity contribution is 5.88. The highest BCUT2D eigenvalue weighted by Crippen LogP contribution is 2.29. The molecule has 3 aromatic rings. The van der Waals surface area contributed by atoms with E-state index < -0.39 is 0 Å². The molecular formula is C22H25NO2. The molecule has 0 N–H and O–H groups in total. The number of fused-ring (bicyclic) bond motifs is 1. The summed E-state index contributed by atoms with van der Waals surface area (Å²) in [5.41, 5.74) is 4.22. The first-order chi connectivity index (χ1) is 11.8. The van der Waals surface area contributed by atoms with Crippen LogP contribution in [0.5, 0.6) is 0 Å².